The van der Waals surface area contributed by atoms with Gasteiger partial charge in [0.15, 0.2) is 0 Å². The van der Waals surface area contributed by atoms with Crippen LogP contribution >= 0.6 is 0 Å². The Labute approximate surface area is 112 Å². The summed E-state index contributed by atoms with van der Waals surface area (Å²) in [5, 5.41) is 6.11. The number of hydrogen-bond acceptors (Lipinski definition) is 3. The molecule has 0 aliphatic carbocycles. The second-order valence-corrected chi connectivity index (χ2v) is 5.08. The Bertz CT molecular complexity index is 632. The van der Waals surface area contributed by atoms with Gasteiger partial charge < -0.3 is 15.2 Å². The fraction of sp³-hybridized carbons (Fsp3) is 0.429. The van der Waals surface area contributed by atoms with Crippen LogP contribution in [0.5, 0.6) is 0 Å². The molecule has 5 nitrogen and oxygen atoms in total. The van der Waals surface area contributed by atoms with E-state index in [0.29, 0.717) is 13.0 Å². The third kappa shape index (κ3) is 2.21. The van der Waals surface area contributed by atoms with E-state index in [-0.39, 0.29) is 11.9 Å². The summed E-state index contributed by atoms with van der Waals surface area (Å²) in [4.78, 5) is 16.4. The Kier molecular flexibility index (Phi) is 2.98. The Balaban J connectivity index is 1.92. The predicted octanol–water partition coefficient (Wildman–Crippen LogP) is 0.512. The monoisotopic (exact) mass is 258 g/mol. The van der Waals surface area contributed by atoms with E-state index < -0.39 is 0 Å². The molecule has 2 N–H and O–H groups in total. The van der Waals surface area contributed by atoms with Gasteiger partial charge in [0.2, 0.25) is 5.91 Å². The average molecular weight is 258 g/mol. The average Bonchev–Trinajstić information content (AvgIpc) is 2.68. The van der Waals surface area contributed by atoms with E-state index in [0.717, 1.165) is 23.4 Å². The minimum Gasteiger partial charge on any atom is -0.353 e. The normalized spacial score (nSPS) is 19.7. The van der Waals surface area contributed by atoms with Crippen LogP contribution in [0.1, 0.15) is 11.4 Å². The number of nitrogens with one attached hydrogen (secondary N) is 2. The summed E-state index contributed by atoms with van der Waals surface area (Å²) in [6, 6.07) is 6.06. The molecule has 0 radical (unpaired) electrons. The van der Waals surface area contributed by atoms with Crippen LogP contribution < -0.4 is 10.6 Å². The molecule has 1 saturated heterocycles. The molecule has 3 rings (SSSR count). The molecule has 1 amide bonds. The van der Waals surface area contributed by atoms with Crippen molar-refractivity contribution in [1.82, 2.24) is 20.2 Å². The lowest BCUT2D eigenvalue weighted by molar-refractivity contribution is -0.124. The van der Waals surface area contributed by atoms with Crippen LogP contribution in [0.3, 0.4) is 0 Å². The zero-order valence-electron chi connectivity index (χ0n) is 11.2. The van der Waals surface area contributed by atoms with Crippen LogP contribution in [-0.2, 0) is 18.3 Å². The minimum absolute atomic E-state index is 0.0643. The van der Waals surface area contributed by atoms with Crippen molar-refractivity contribution in [2.45, 2.75) is 19.4 Å². The van der Waals surface area contributed by atoms with Crippen molar-refractivity contribution >= 4 is 16.9 Å². The van der Waals surface area contributed by atoms with Crippen molar-refractivity contribution in [3.05, 3.63) is 29.6 Å². The highest BCUT2D eigenvalue weighted by molar-refractivity contribution is 5.83. The molecular formula is C14H18N4O. The molecule has 0 saturated carbocycles. The van der Waals surface area contributed by atoms with Gasteiger partial charge in [-0.05, 0) is 24.6 Å². The van der Waals surface area contributed by atoms with Crippen molar-refractivity contribution in [2.24, 2.45) is 7.05 Å². The number of carbonyl (C=O) groups is 1. The van der Waals surface area contributed by atoms with E-state index in [1.165, 1.54) is 5.56 Å². The summed E-state index contributed by atoms with van der Waals surface area (Å²) < 4.78 is 2.07. The number of hydrogen-bond donors (Lipinski definition) is 2. The van der Waals surface area contributed by atoms with E-state index in [1.807, 2.05) is 7.05 Å². The first-order valence-electron chi connectivity index (χ1n) is 6.58. The van der Waals surface area contributed by atoms with Gasteiger partial charge in [-0.1, -0.05) is 6.07 Å². The first kappa shape index (κ1) is 12.2. The van der Waals surface area contributed by atoms with Crippen LogP contribution in [0.2, 0.25) is 0 Å². The number of carbonyl (C=O) groups excluding carboxylic acids is 1. The zero-order chi connectivity index (χ0) is 13.4. The van der Waals surface area contributed by atoms with Gasteiger partial charge in [0.05, 0.1) is 17.1 Å². The highest BCUT2D eigenvalue weighted by atomic mass is 16.2. The number of aryl methyl sites for hydroxylation is 2. The maximum absolute atomic E-state index is 11.8. The Morgan fingerprint density at radius 2 is 2.26 bits per heavy atom. The van der Waals surface area contributed by atoms with Crippen molar-refractivity contribution in [2.75, 3.05) is 13.1 Å². The van der Waals surface area contributed by atoms with Gasteiger partial charge in [0.1, 0.15) is 5.82 Å². The minimum atomic E-state index is -0.176. The molecule has 1 fully saturated rings. The second-order valence-electron chi connectivity index (χ2n) is 5.08. The Morgan fingerprint density at radius 3 is 3.05 bits per heavy atom. The number of amides is 1. The molecule has 0 spiro atoms. The van der Waals surface area contributed by atoms with E-state index >= 15 is 0 Å². The number of benzene rings is 1. The first-order valence-corrected chi connectivity index (χ1v) is 6.58. The molecule has 0 bridgehead atoms. The lowest BCUT2D eigenvalue weighted by Crippen LogP contribution is -2.53. The molecule has 1 aliphatic rings. The summed E-state index contributed by atoms with van der Waals surface area (Å²) in [5.74, 6) is 1.00. The summed E-state index contributed by atoms with van der Waals surface area (Å²) in [6.45, 7) is 3.58. The molecule has 1 aliphatic heterocycles. The molecule has 1 aromatic heterocycles. The Morgan fingerprint density at radius 1 is 1.42 bits per heavy atom. The van der Waals surface area contributed by atoms with Gasteiger partial charge in [-0.2, -0.15) is 0 Å². The summed E-state index contributed by atoms with van der Waals surface area (Å²) in [6.07, 6.45) is 0.621. The van der Waals surface area contributed by atoms with Gasteiger partial charge >= 0.3 is 0 Å². The third-order valence-electron chi connectivity index (χ3n) is 3.65. The van der Waals surface area contributed by atoms with Crippen molar-refractivity contribution in [3.8, 4) is 0 Å². The van der Waals surface area contributed by atoms with Gasteiger partial charge in [0.25, 0.3) is 0 Å². The quantitative estimate of drug-likeness (QED) is 0.825. The van der Waals surface area contributed by atoms with E-state index in [2.05, 4.69) is 45.3 Å². The molecule has 2 aromatic rings. The molecule has 1 unspecified atom stereocenters. The smallest absolute Gasteiger partial charge is 0.237 e. The second kappa shape index (κ2) is 4.66. The van der Waals surface area contributed by atoms with Crippen LogP contribution in [-0.4, -0.2) is 34.6 Å². The molecule has 1 atom stereocenters. The van der Waals surface area contributed by atoms with Gasteiger partial charge in [-0.15, -0.1) is 0 Å². The largest absolute Gasteiger partial charge is 0.353 e. The fourth-order valence-corrected chi connectivity index (χ4v) is 2.54. The zero-order valence-corrected chi connectivity index (χ0v) is 11.2. The maximum Gasteiger partial charge on any atom is 0.237 e. The van der Waals surface area contributed by atoms with Crippen molar-refractivity contribution in [3.63, 3.8) is 0 Å². The molecule has 19 heavy (non-hydrogen) atoms. The van der Waals surface area contributed by atoms with Crippen LogP contribution in [0.25, 0.3) is 11.0 Å². The summed E-state index contributed by atoms with van der Waals surface area (Å²) >= 11 is 0. The maximum atomic E-state index is 11.8. The number of aromatic nitrogens is 2. The van der Waals surface area contributed by atoms with E-state index in [1.54, 1.807) is 0 Å². The summed E-state index contributed by atoms with van der Waals surface area (Å²) in [5.41, 5.74) is 3.30. The fourth-order valence-electron chi connectivity index (χ4n) is 2.54. The predicted molar refractivity (Wildman–Crippen MR) is 74.0 cm³/mol. The van der Waals surface area contributed by atoms with Crippen LogP contribution in [0, 0.1) is 6.92 Å². The lowest BCUT2D eigenvalue weighted by atomic mass is 10.1. The van der Waals surface area contributed by atoms with Gasteiger partial charge in [0, 0.05) is 26.6 Å². The number of piperazine rings is 1. The number of fused-ring (bicyclic) bond motifs is 1. The topological polar surface area (TPSA) is 59.0 Å². The number of nitrogens with zero attached hydrogens (tertiary/aromatic N) is 2. The highest BCUT2D eigenvalue weighted by Gasteiger charge is 2.23. The van der Waals surface area contributed by atoms with Gasteiger partial charge in [-0.25, -0.2) is 4.98 Å². The Hall–Kier alpha value is -1.88. The van der Waals surface area contributed by atoms with E-state index in [9.17, 15) is 4.79 Å². The van der Waals surface area contributed by atoms with Crippen LogP contribution in [0.15, 0.2) is 18.2 Å². The number of rotatable bonds is 2. The molecule has 100 valence electrons. The van der Waals surface area contributed by atoms with E-state index in [4.69, 9.17) is 0 Å². The standard InChI is InChI=1S/C14H18N4O/c1-9-3-4-12-10(7-9)17-13(18(12)2)8-11-14(19)16-6-5-15-11/h3-4,7,11,15H,5-6,8H2,1-2H3,(H,16,19). The first-order chi connectivity index (χ1) is 9.15. The number of imidazole rings is 1. The van der Waals surface area contributed by atoms with Crippen molar-refractivity contribution < 1.29 is 4.79 Å². The van der Waals surface area contributed by atoms with Crippen LogP contribution in [0.4, 0.5) is 0 Å². The van der Waals surface area contributed by atoms with Gasteiger partial charge in [-0.3, -0.25) is 4.79 Å². The lowest BCUT2D eigenvalue weighted by Gasteiger charge is -2.23. The SMILES string of the molecule is Cc1ccc2c(c1)nc(CC1NCCNC1=O)n2C. The molecule has 5 heteroatoms. The van der Waals surface area contributed by atoms with Crippen molar-refractivity contribution in [1.29, 1.82) is 0 Å². The molecular weight excluding hydrogens is 240 g/mol. The summed E-state index contributed by atoms with van der Waals surface area (Å²) in [7, 11) is 2.00. The molecule has 1 aromatic carbocycles. The molecule has 2 heterocycles. The third-order valence-corrected chi connectivity index (χ3v) is 3.65. The highest BCUT2D eigenvalue weighted by Crippen LogP contribution is 2.17.